The Hall–Kier alpha value is -2.09. The van der Waals surface area contributed by atoms with E-state index in [1.54, 1.807) is 17.1 Å². The largest absolute Gasteiger partial charge is 0.395 e. The molecular formula is C16H18N4O2S. The Morgan fingerprint density at radius 2 is 2.22 bits per heavy atom. The maximum Gasteiger partial charge on any atom is 0.271 e. The average Bonchev–Trinajstić information content (AvgIpc) is 3.05. The van der Waals surface area contributed by atoms with Crippen molar-refractivity contribution in [1.82, 2.24) is 19.4 Å². The molecular weight excluding hydrogens is 312 g/mol. The molecule has 0 aliphatic carbocycles. The summed E-state index contributed by atoms with van der Waals surface area (Å²) in [5, 5.41) is 11.1. The highest BCUT2D eigenvalue weighted by molar-refractivity contribution is 7.17. The summed E-state index contributed by atoms with van der Waals surface area (Å²) in [6, 6.07) is 5.75. The van der Waals surface area contributed by atoms with E-state index >= 15 is 0 Å². The molecule has 0 radical (unpaired) electrons. The smallest absolute Gasteiger partial charge is 0.271 e. The predicted octanol–water partition coefficient (Wildman–Crippen LogP) is 1.35. The second-order valence-electron chi connectivity index (χ2n) is 5.24. The molecule has 0 atom stereocenters. The molecule has 3 aromatic rings. The molecule has 3 rings (SSSR count). The first-order valence-electron chi connectivity index (χ1n) is 7.42. The second-order valence-corrected chi connectivity index (χ2v) is 6.16. The third-order valence-corrected chi connectivity index (χ3v) is 4.53. The van der Waals surface area contributed by atoms with Crippen molar-refractivity contribution in [3.63, 3.8) is 0 Å². The zero-order valence-electron chi connectivity index (χ0n) is 12.6. The van der Waals surface area contributed by atoms with Crippen LogP contribution in [0.15, 0.2) is 47.1 Å². The van der Waals surface area contributed by atoms with Gasteiger partial charge in [-0.25, -0.2) is 4.98 Å². The minimum atomic E-state index is -0.00433. The van der Waals surface area contributed by atoms with Crippen LogP contribution in [0.25, 0.3) is 10.2 Å². The Kier molecular flexibility index (Phi) is 5.12. The van der Waals surface area contributed by atoms with Crippen LogP contribution in [0.4, 0.5) is 0 Å². The summed E-state index contributed by atoms with van der Waals surface area (Å²) in [7, 11) is 0. The number of hydrogen-bond acceptors (Lipinski definition) is 6. The van der Waals surface area contributed by atoms with E-state index in [-0.39, 0.29) is 12.2 Å². The van der Waals surface area contributed by atoms with Gasteiger partial charge in [0.2, 0.25) is 0 Å². The molecule has 0 saturated heterocycles. The van der Waals surface area contributed by atoms with Gasteiger partial charge in [-0.1, -0.05) is 6.07 Å². The molecule has 0 aromatic carbocycles. The normalized spacial score (nSPS) is 11.4. The van der Waals surface area contributed by atoms with Gasteiger partial charge in [-0.15, -0.1) is 11.3 Å². The average molecular weight is 330 g/mol. The number of aromatic nitrogens is 3. The number of thiophene rings is 1. The quantitative estimate of drug-likeness (QED) is 0.708. The first-order valence-corrected chi connectivity index (χ1v) is 8.30. The third kappa shape index (κ3) is 3.82. The zero-order chi connectivity index (χ0) is 16.1. The van der Waals surface area contributed by atoms with Gasteiger partial charge < -0.3 is 5.11 Å². The van der Waals surface area contributed by atoms with Crippen molar-refractivity contribution in [2.24, 2.45) is 0 Å². The van der Waals surface area contributed by atoms with Gasteiger partial charge in [-0.2, -0.15) is 0 Å². The van der Waals surface area contributed by atoms with Gasteiger partial charge in [0.25, 0.3) is 5.56 Å². The molecule has 0 spiro atoms. The van der Waals surface area contributed by atoms with Crippen LogP contribution >= 0.6 is 11.3 Å². The number of nitrogens with zero attached hydrogens (tertiary/aromatic N) is 4. The predicted molar refractivity (Wildman–Crippen MR) is 90.5 cm³/mol. The maximum absolute atomic E-state index is 12.4. The van der Waals surface area contributed by atoms with Crippen molar-refractivity contribution in [2.45, 2.75) is 13.1 Å². The summed E-state index contributed by atoms with van der Waals surface area (Å²) in [4.78, 5) is 22.9. The third-order valence-electron chi connectivity index (χ3n) is 3.64. The Labute approximate surface area is 137 Å². The lowest BCUT2D eigenvalue weighted by molar-refractivity contribution is 0.184. The molecule has 0 amide bonds. The van der Waals surface area contributed by atoms with Crippen LogP contribution in [0.3, 0.4) is 0 Å². The molecule has 120 valence electrons. The molecule has 0 saturated carbocycles. The van der Waals surface area contributed by atoms with Gasteiger partial charge in [0.1, 0.15) is 4.70 Å². The maximum atomic E-state index is 12.4. The van der Waals surface area contributed by atoms with E-state index < -0.39 is 0 Å². The topological polar surface area (TPSA) is 71.2 Å². The van der Waals surface area contributed by atoms with Crippen LogP contribution in [-0.4, -0.2) is 44.2 Å². The molecule has 1 N–H and O–H groups in total. The Morgan fingerprint density at radius 1 is 1.30 bits per heavy atom. The molecule has 7 heteroatoms. The molecule has 3 aromatic heterocycles. The molecule has 0 aliphatic rings. The summed E-state index contributed by atoms with van der Waals surface area (Å²) in [5.41, 5.74) is 1.83. The van der Waals surface area contributed by atoms with Gasteiger partial charge >= 0.3 is 0 Å². The second kappa shape index (κ2) is 7.45. The Bertz CT molecular complexity index is 816. The van der Waals surface area contributed by atoms with Gasteiger partial charge in [0, 0.05) is 38.6 Å². The SMILES string of the molecule is O=c1c2sccc2ncn1CCN(CCO)Cc1cccnc1. The number of pyridine rings is 1. The minimum absolute atomic E-state index is 0.00433. The molecule has 0 fully saturated rings. The molecule has 0 aliphatic heterocycles. The van der Waals surface area contributed by atoms with Crippen molar-refractivity contribution in [3.05, 3.63) is 58.2 Å². The molecule has 3 heterocycles. The number of aliphatic hydroxyl groups is 1. The fraction of sp³-hybridized carbons (Fsp3) is 0.312. The summed E-state index contributed by atoms with van der Waals surface area (Å²) in [5.74, 6) is 0. The summed E-state index contributed by atoms with van der Waals surface area (Å²) in [6.07, 6.45) is 5.15. The summed E-state index contributed by atoms with van der Waals surface area (Å²) >= 11 is 1.42. The van der Waals surface area contributed by atoms with Gasteiger partial charge in [-0.3, -0.25) is 19.2 Å². The first-order chi connectivity index (χ1) is 11.3. The van der Waals surface area contributed by atoms with Crippen LogP contribution in [-0.2, 0) is 13.1 Å². The van der Waals surface area contributed by atoms with E-state index in [4.69, 9.17) is 0 Å². The Balaban J connectivity index is 1.70. The summed E-state index contributed by atoms with van der Waals surface area (Å²) < 4.78 is 2.32. The molecule has 6 nitrogen and oxygen atoms in total. The van der Waals surface area contributed by atoms with Gasteiger partial charge in [0.05, 0.1) is 18.5 Å². The van der Waals surface area contributed by atoms with Crippen molar-refractivity contribution >= 4 is 21.6 Å². The lowest BCUT2D eigenvalue weighted by atomic mass is 10.2. The standard InChI is InChI=1S/C16H18N4O2S/c21-8-7-19(11-13-2-1-4-17-10-13)5-6-20-12-18-14-3-9-23-15(14)16(20)22/h1-4,9-10,12,21H,5-8,11H2. The number of hydrogen-bond donors (Lipinski definition) is 1. The lowest BCUT2D eigenvalue weighted by Crippen LogP contribution is -2.32. The highest BCUT2D eigenvalue weighted by atomic mass is 32.1. The van der Waals surface area contributed by atoms with Gasteiger partial charge in [-0.05, 0) is 23.1 Å². The van der Waals surface area contributed by atoms with E-state index in [2.05, 4.69) is 14.9 Å². The summed E-state index contributed by atoms with van der Waals surface area (Å²) in [6.45, 7) is 2.53. The van der Waals surface area contributed by atoms with E-state index in [9.17, 15) is 9.90 Å². The first kappa shape index (κ1) is 15.8. The van der Waals surface area contributed by atoms with Crippen LogP contribution in [0.1, 0.15) is 5.56 Å². The molecule has 0 bridgehead atoms. The highest BCUT2D eigenvalue weighted by Crippen LogP contribution is 2.13. The Morgan fingerprint density at radius 3 is 3.00 bits per heavy atom. The van der Waals surface area contributed by atoms with Crippen LogP contribution in [0.5, 0.6) is 0 Å². The molecule has 23 heavy (non-hydrogen) atoms. The number of aliphatic hydroxyl groups excluding tert-OH is 1. The van der Waals surface area contributed by atoms with Crippen LogP contribution < -0.4 is 5.56 Å². The fourth-order valence-corrected chi connectivity index (χ4v) is 3.24. The zero-order valence-corrected chi connectivity index (χ0v) is 13.4. The van der Waals surface area contributed by atoms with Crippen molar-refractivity contribution in [2.75, 3.05) is 19.7 Å². The van der Waals surface area contributed by atoms with E-state index in [1.165, 1.54) is 11.3 Å². The van der Waals surface area contributed by atoms with E-state index in [0.717, 1.165) is 11.1 Å². The van der Waals surface area contributed by atoms with Crippen molar-refractivity contribution < 1.29 is 5.11 Å². The molecule has 0 unspecified atom stereocenters. The highest BCUT2D eigenvalue weighted by Gasteiger charge is 2.09. The monoisotopic (exact) mass is 330 g/mol. The lowest BCUT2D eigenvalue weighted by Gasteiger charge is -2.21. The number of rotatable bonds is 7. The van der Waals surface area contributed by atoms with Crippen molar-refractivity contribution in [3.8, 4) is 0 Å². The van der Waals surface area contributed by atoms with E-state index in [1.807, 2.05) is 29.8 Å². The van der Waals surface area contributed by atoms with E-state index in [0.29, 0.717) is 30.9 Å². The van der Waals surface area contributed by atoms with Crippen molar-refractivity contribution in [1.29, 1.82) is 0 Å². The van der Waals surface area contributed by atoms with Gasteiger partial charge in [0.15, 0.2) is 0 Å². The van der Waals surface area contributed by atoms with Crippen LogP contribution in [0.2, 0.25) is 0 Å². The fourth-order valence-electron chi connectivity index (χ4n) is 2.45. The van der Waals surface area contributed by atoms with Crippen LogP contribution in [0, 0.1) is 0 Å². The minimum Gasteiger partial charge on any atom is -0.395 e. The number of fused-ring (bicyclic) bond motifs is 1.